The van der Waals surface area contributed by atoms with E-state index in [0.717, 1.165) is 25.0 Å². The topological polar surface area (TPSA) is 24.5 Å². The molecule has 0 aromatic heterocycles. The lowest BCUT2D eigenvalue weighted by Crippen LogP contribution is -2.50. The van der Waals surface area contributed by atoms with Crippen LogP contribution < -0.4 is 5.32 Å². The van der Waals surface area contributed by atoms with Crippen LogP contribution in [0.1, 0.15) is 0 Å². The van der Waals surface area contributed by atoms with Crippen molar-refractivity contribution in [3.63, 3.8) is 0 Å². The zero-order valence-corrected chi connectivity index (χ0v) is 10.7. The Labute approximate surface area is 92.3 Å². The van der Waals surface area contributed by atoms with Crippen molar-refractivity contribution in [2.75, 3.05) is 55.4 Å². The molecule has 1 rings (SSSR count). The third-order valence-corrected chi connectivity index (χ3v) is 2.56. The summed E-state index contributed by atoms with van der Waals surface area (Å²) in [6, 6.07) is 0. The van der Waals surface area contributed by atoms with Gasteiger partial charge in [-0.1, -0.05) is 0 Å². The van der Waals surface area contributed by atoms with Gasteiger partial charge in [-0.15, -0.1) is 0 Å². The minimum absolute atomic E-state index is 1.08. The van der Waals surface area contributed by atoms with Crippen LogP contribution in [0.2, 0.25) is 0 Å². The molecule has 0 atom stereocenters. The molecule has 0 aliphatic carbocycles. The minimum Gasteiger partial charge on any atom is -0.270 e. The minimum atomic E-state index is 1.08. The highest BCUT2D eigenvalue weighted by molar-refractivity contribution is 5.94. The number of rotatable bonds is 0. The highest BCUT2D eigenvalue weighted by Gasteiger charge is 2.27. The number of nitrogens with one attached hydrogen (secondary N) is 1. The van der Waals surface area contributed by atoms with Crippen molar-refractivity contribution < 1.29 is 9.15 Å². The van der Waals surface area contributed by atoms with Crippen molar-refractivity contribution in [1.29, 1.82) is 0 Å². The second-order valence-corrected chi connectivity index (χ2v) is 4.40. The van der Waals surface area contributed by atoms with E-state index in [0.29, 0.717) is 0 Å². The summed E-state index contributed by atoms with van der Waals surface area (Å²) in [7, 11) is 12.4. The molecule has 1 aliphatic rings. The second kappa shape index (κ2) is 4.51. The van der Waals surface area contributed by atoms with Crippen LogP contribution in [0.25, 0.3) is 0 Å². The van der Waals surface area contributed by atoms with Crippen LogP contribution in [0.5, 0.6) is 0 Å². The fourth-order valence-electron chi connectivity index (χ4n) is 1.72. The predicted molar refractivity (Wildman–Crippen MR) is 62.6 cm³/mol. The number of likely N-dealkylation sites (N-methyl/N-ethyl adjacent to an activating group) is 2. The van der Waals surface area contributed by atoms with E-state index in [1.165, 1.54) is 0 Å². The SMILES string of the molecule is CN(C)C(NC1=[N+](C)CCN1C)=[N+](C)C. The molecular weight excluding hydrogens is 190 g/mol. The lowest BCUT2D eigenvalue weighted by atomic mass is 10.6. The van der Waals surface area contributed by atoms with E-state index in [-0.39, 0.29) is 0 Å². The molecule has 0 radical (unpaired) electrons. The van der Waals surface area contributed by atoms with Crippen LogP contribution in [0.4, 0.5) is 0 Å². The third kappa shape index (κ3) is 2.61. The van der Waals surface area contributed by atoms with E-state index >= 15 is 0 Å². The molecule has 0 saturated heterocycles. The number of guanidine groups is 2. The van der Waals surface area contributed by atoms with E-state index in [4.69, 9.17) is 0 Å². The van der Waals surface area contributed by atoms with Gasteiger partial charge in [0.15, 0.2) is 0 Å². The maximum atomic E-state index is 3.45. The van der Waals surface area contributed by atoms with Crippen molar-refractivity contribution in [2.24, 2.45) is 0 Å². The van der Waals surface area contributed by atoms with E-state index < -0.39 is 0 Å². The van der Waals surface area contributed by atoms with E-state index in [9.17, 15) is 0 Å². The summed E-state index contributed by atoms with van der Waals surface area (Å²) in [5.74, 6) is 2.25. The highest BCUT2D eigenvalue weighted by atomic mass is 15.4. The summed E-state index contributed by atoms with van der Waals surface area (Å²) >= 11 is 0. The average Bonchev–Trinajstić information content (AvgIpc) is 2.42. The first-order chi connectivity index (χ1) is 6.93. The van der Waals surface area contributed by atoms with Gasteiger partial charge >= 0.3 is 11.9 Å². The van der Waals surface area contributed by atoms with Crippen LogP contribution in [-0.4, -0.2) is 86.2 Å². The van der Waals surface area contributed by atoms with Crippen LogP contribution in [-0.2, 0) is 0 Å². The van der Waals surface area contributed by atoms with Crippen LogP contribution in [0.15, 0.2) is 0 Å². The maximum absolute atomic E-state index is 3.45. The average molecular weight is 213 g/mol. The molecule has 0 fully saturated rings. The fraction of sp³-hybridized carbons (Fsp3) is 0.800. The number of hydrogen-bond acceptors (Lipinski definition) is 1. The van der Waals surface area contributed by atoms with Gasteiger partial charge in [0.2, 0.25) is 0 Å². The fourth-order valence-corrected chi connectivity index (χ4v) is 1.72. The smallest absolute Gasteiger partial charge is 0.270 e. The largest absolute Gasteiger partial charge is 0.357 e. The third-order valence-electron chi connectivity index (χ3n) is 2.56. The molecule has 5 nitrogen and oxygen atoms in total. The first-order valence-corrected chi connectivity index (χ1v) is 5.21. The van der Waals surface area contributed by atoms with Crippen molar-refractivity contribution in [2.45, 2.75) is 0 Å². The summed E-state index contributed by atoms with van der Waals surface area (Å²) in [4.78, 5) is 4.31. The summed E-state index contributed by atoms with van der Waals surface area (Å²) in [6.07, 6.45) is 0. The molecule has 0 aromatic rings. The van der Waals surface area contributed by atoms with E-state index in [2.05, 4.69) is 38.4 Å². The predicted octanol–water partition coefficient (Wildman–Crippen LogP) is -1.29. The normalized spacial score (nSPS) is 15.7. The molecule has 1 aliphatic heterocycles. The molecule has 15 heavy (non-hydrogen) atoms. The van der Waals surface area contributed by atoms with Gasteiger partial charge in [-0.3, -0.25) is 19.0 Å². The highest BCUT2D eigenvalue weighted by Crippen LogP contribution is 1.94. The molecule has 86 valence electrons. The van der Waals surface area contributed by atoms with Gasteiger partial charge in [0.1, 0.15) is 0 Å². The van der Waals surface area contributed by atoms with Gasteiger partial charge in [-0.05, 0) is 0 Å². The quantitative estimate of drug-likeness (QED) is 0.308. The van der Waals surface area contributed by atoms with Gasteiger partial charge in [0.25, 0.3) is 0 Å². The van der Waals surface area contributed by atoms with Gasteiger partial charge < -0.3 is 0 Å². The van der Waals surface area contributed by atoms with Gasteiger partial charge in [0, 0.05) is 0 Å². The van der Waals surface area contributed by atoms with Crippen LogP contribution in [0, 0.1) is 0 Å². The molecule has 1 heterocycles. The molecule has 0 saturated carbocycles. The summed E-state index contributed by atoms with van der Waals surface area (Å²) < 4.78 is 4.31. The molecule has 0 bridgehead atoms. The molecule has 5 heteroatoms. The Morgan fingerprint density at radius 2 is 2.07 bits per heavy atom. The Morgan fingerprint density at radius 3 is 2.40 bits per heavy atom. The van der Waals surface area contributed by atoms with Gasteiger partial charge in [0.05, 0.1) is 55.4 Å². The monoisotopic (exact) mass is 213 g/mol. The molecule has 0 unspecified atom stereocenters. The first-order valence-electron chi connectivity index (χ1n) is 5.21. The zero-order valence-electron chi connectivity index (χ0n) is 10.7. The molecule has 0 spiro atoms. The molecule has 0 aromatic carbocycles. The Kier molecular flexibility index (Phi) is 3.55. The standard InChI is InChI=1S/C10H22N5/c1-12(2)9(13(3)4)11-10-14(5)7-8-15(10)6/h7-8H2,1-6H3/q+1/p+1. The maximum Gasteiger partial charge on any atom is 0.357 e. The number of hydrogen-bond donors (Lipinski definition) is 1. The molecular formula is C10H23N5+2. The summed E-state index contributed by atoms with van der Waals surface area (Å²) in [5, 5.41) is 3.45. The van der Waals surface area contributed by atoms with Crippen molar-refractivity contribution in [1.82, 2.24) is 15.1 Å². The Balaban J connectivity index is 2.85. The summed E-state index contributed by atoms with van der Waals surface area (Å²) in [6.45, 7) is 2.15. The van der Waals surface area contributed by atoms with E-state index in [1.54, 1.807) is 0 Å². The Hall–Kier alpha value is -1.26. The van der Waals surface area contributed by atoms with Gasteiger partial charge in [-0.2, -0.15) is 5.32 Å². The van der Waals surface area contributed by atoms with Crippen LogP contribution >= 0.6 is 0 Å². The first kappa shape index (κ1) is 11.8. The Bertz CT molecular complexity index is 299. The summed E-state index contributed by atoms with van der Waals surface area (Å²) in [5.41, 5.74) is 0. The number of nitrogens with zero attached hydrogens (tertiary/aromatic N) is 4. The van der Waals surface area contributed by atoms with Crippen molar-refractivity contribution >= 4 is 11.9 Å². The Morgan fingerprint density at radius 1 is 1.47 bits per heavy atom. The van der Waals surface area contributed by atoms with Crippen molar-refractivity contribution in [3.8, 4) is 0 Å². The molecule has 1 N–H and O–H groups in total. The van der Waals surface area contributed by atoms with Gasteiger partial charge in [-0.25, -0.2) is 0 Å². The second-order valence-electron chi connectivity index (χ2n) is 4.40. The van der Waals surface area contributed by atoms with Crippen molar-refractivity contribution in [3.05, 3.63) is 0 Å². The lowest BCUT2D eigenvalue weighted by molar-refractivity contribution is -0.490. The zero-order chi connectivity index (χ0) is 11.6. The van der Waals surface area contributed by atoms with E-state index in [1.807, 2.05) is 28.2 Å². The molecule has 0 amide bonds. The van der Waals surface area contributed by atoms with Crippen LogP contribution in [0.3, 0.4) is 0 Å². The lowest BCUT2D eigenvalue weighted by Gasteiger charge is -2.14.